The topological polar surface area (TPSA) is 9.86 Å². The van der Waals surface area contributed by atoms with Crippen LogP contribution >= 0.6 is 0 Å². The van der Waals surface area contributed by atoms with Crippen LogP contribution in [0, 0.1) is 0 Å². The first-order chi connectivity index (χ1) is 25.8. The molecule has 240 valence electrons. The van der Waals surface area contributed by atoms with Crippen molar-refractivity contribution in [1.82, 2.24) is 9.13 Å². The molecule has 11 aromatic rings. The number of benzene rings is 9. The molecule has 2 nitrogen and oxygen atoms in total. The van der Waals surface area contributed by atoms with Crippen molar-refractivity contribution < 1.29 is 0 Å². The van der Waals surface area contributed by atoms with Gasteiger partial charge in [-0.15, -0.1) is 0 Å². The fourth-order valence-corrected chi connectivity index (χ4v) is 9.18. The minimum Gasteiger partial charge on any atom is -0.309 e. The molecule has 1 aliphatic carbocycles. The van der Waals surface area contributed by atoms with Gasteiger partial charge in [0.15, 0.2) is 0 Å². The zero-order valence-electron chi connectivity index (χ0n) is 28.2. The van der Waals surface area contributed by atoms with Crippen LogP contribution < -0.4 is 0 Å². The molecular formula is C50H30N2. The summed E-state index contributed by atoms with van der Waals surface area (Å²) in [5, 5.41) is 10.3. The van der Waals surface area contributed by atoms with E-state index in [-0.39, 0.29) is 0 Å². The van der Waals surface area contributed by atoms with E-state index in [4.69, 9.17) is 0 Å². The van der Waals surface area contributed by atoms with Crippen molar-refractivity contribution in [2.75, 3.05) is 0 Å². The molecule has 0 spiro atoms. The van der Waals surface area contributed by atoms with Crippen molar-refractivity contribution in [3.8, 4) is 44.8 Å². The molecule has 0 saturated carbocycles. The summed E-state index contributed by atoms with van der Waals surface area (Å²) in [4.78, 5) is 0. The van der Waals surface area contributed by atoms with Crippen LogP contribution in [-0.4, -0.2) is 9.13 Å². The number of hydrogen-bond donors (Lipinski definition) is 0. The van der Waals surface area contributed by atoms with E-state index in [2.05, 4.69) is 191 Å². The standard InChI is InChI=1S/C50H30N2/c1-2-12-37-32(10-1)22-26-48-50(37)42-16-6-8-19-46(42)52(48)36-25-27-47-43(30-36)40-15-5-7-18-45(40)51(47)35-23-20-31(21-24-35)34-28-33-11-9-17-41-38-13-3-4-14-39(38)44(29-34)49(33)41/h1-30H. The van der Waals surface area contributed by atoms with Crippen molar-refractivity contribution in [3.63, 3.8) is 0 Å². The molecule has 0 atom stereocenters. The van der Waals surface area contributed by atoms with Crippen molar-refractivity contribution >= 4 is 65.2 Å². The Morgan fingerprint density at radius 1 is 0.269 bits per heavy atom. The van der Waals surface area contributed by atoms with E-state index < -0.39 is 0 Å². The minimum absolute atomic E-state index is 1.16. The maximum Gasteiger partial charge on any atom is 0.0547 e. The third kappa shape index (κ3) is 3.73. The van der Waals surface area contributed by atoms with Gasteiger partial charge in [0.05, 0.1) is 22.1 Å². The summed E-state index contributed by atoms with van der Waals surface area (Å²) in [6.45, 7) is 0. The maximum absolute atomic E-state index is 2.44. The van der Waals surface area contributed by atoms with Crippen molar-refractivity contribution in [2.45, 2.75) is 0 Å². The van der Waals surface area contributed by atoms with Crippen molar-refractivity contribution in [1.29, 1.82) is 0 Å². The van der Waals surface area contributed by atoms with Crippen LogP contribution in [0.2, 0.25) is 0 Å². The number of rotatable bonds is 3. The number of nitrogens with zero attached hydrogens (tertiary/aromatic N) is 2. The summed E-state index contributed by atoms with van der Waals surface area (Å²) in [5.41, 5.74) is 15.0. The van der Waals surface area contributed by atoms with Gasteiger partial charge >= 0.3 is 0 Å². The largest absolute Gasteiger partial charge is 0.309 e. The number of para-hydroxylation sites is 2. The molecule has 2 heterocycles. The summed E-state index contributed by atoms with van der Waals surface area (Å²) in [6.07, 6.45) is 0. The van der Waals surface area contributed by atoms with Gasteiger partial charge in [0.2, 0.25) is 0 Å². The Morgan fingerprint density at radius 3 is 1.71 bits per heavy atom. The molecule has 1 aliphatic rings. The fourth-order valence-electron chi connectivity index (χ4n) is 9.18. The highest BCUT2D eigenvalue weighted by Crippen LogP contribution is 2.48. The summed E-state index contributed by atoms with van der Waals surface area (Å²) in [6, 6.07) is 67.2. The molecule has 0 amide bonds. The lowest BCUT2D eigenvalue weighted by Crippen LogP contribution is -1.96. The Morgan fingerprint density at radius 2 is 0.865 bits per heavy atom. The molecule has 0 saturated heterocycles. The van der Waals surface area contributed by atoms with Gasteiger partial charge in [-0.05, 0) is 116 Å². The highest BCUT2D eigenvalue weighted by molar-refractivity contribution is 6.22. The zero-order valence-corrected chi connectivity index (χ0v) is 28.2. The molecule has 0 aliphatic heterocycles. The van der Waals surface area contributed by atoms with Crippen LogP contribution in [0.15, 0.2) is 182 Å². The number of hydrogen-bond acceptors (Lipinski definition) is 0. The molecule has 0 fully saturated rings. The van der Waals surface area contributed by atoms with E-state index in [0.717, 1.165) is 5.69 Å². The van der Waals surface area contributed by atoms with Gasteiger partial charge in [-0.2, -0.15) is 0 Å². The average Bonchev–Trinajstić information content (AvgIpc) is 3.84. The monoisotopic (exact) mass is 658 g/mol. The molecule has 0 N–H and O–H groups in total. The second-order valence-electron chi connectivity index (χ2n) is 14.1. The lowest BCUT2D eigenvalue weighted by atomic mass is 9.96. The van der Waals surface area contributed by atoms with Crippen LogP contribution in [0.3, 0.4) is 0 Å². The molecule has 2 heteroatoms. The highest BCUT2D eigenvalue weighted by Gasteiger charge is 2.22. The molecule has 0 bridgehead atoms. The molecule has 9 aromatic carbocycles. The first-order valence-electron chi connectivity index (χ1n) is 18.0. The molecule has 52 heavy (non-hydrogen) atoms. The van der Waals surface area contributed by atoms with Gasteiger partial charge < -0.3 is 9.13 Å². The molecule has 0 unspecified atom stereocenters. The third-order valence-corrected chi connectivity index (χ3v) is 11.4. The van der Waals surface area contributed by atoms with E-state index in [1.54, 1.807) is 0 Å². The van der Waals surface area contributed by atoms with Crippen molar-refractivity contribution in [3.05, 3.63) is 182 Å². The summed E-state index contributed by atoms with van der Waals surface area (Å²) in [5.74, 6) is 0. The van der Waals surface area contributed by atoms with E-state index >= 15 is 0 Å². The Kier molecular flexibility index (Phi) is 5.53. The van der Waals surface area contributed by atoms with Gasteiger partial charge in [-0.1, -0.05) is 121 Å². The number of fused-ring (bicyclic) bond motifs is 11. The quantitative estimate of drug-likeness (QED) is 0.179. The Bertz CT molecular complexity index is 3280. The van der Waals surface area contributed by atoms with Gasteiger partial charge in [-0.3, -0.25) is 0 Å². The minimum atomic E-state index is 1.16. The smallest absolute Gasteiger partial charge is 0.0547 e. The summed E-state index contributed by atoms with van der Waals surface area (Å²) >= 11 is 0. The van der Waals surface area contributed by atoms with Gasteiger partial charge in [0.25, 0.3) is 0 Å². The van der Waals surface area contributed by atoms with Gasteiger partial charge in [-0.25, -0.2) is 0 Å². The molecule has 0 radical (unpaired) electrons. The van der Waals surface area contributed by atoms with E-state index in [9.17, 15) is 0 Å². The van der Waals surface area contributed by atoms with E-state index in [1.165, 1.54) is 104 Å². The maximum atomic E-state index is 2.44. The van der Waals surface area contributed by atoms with Gasteiger partial charge in [0, 0.05) is 32.9 Å². The predicted octanol–water partition coefficient (Wildman–Crippen LogP) is 13.5. The summed E-state index contributed by atoms with van der Waals surface area (Å²) in [7, 11) is 0. The SMILES string of the molecule is c1ccc2c(c1)-c1cccc3cc(-c4ccc(-n5c6ccccc6c6cc(-n7c8ccccc8c8c9ccccc9ccc87)ccc65)cc4)cc-2c13. The van der Waals surface area contributed by atoms with Crippen LogP contribution in [0.5, 0.6) is 0 Å². The lowest BCUT2D eigenvalue weighted by Gasteiger charge is -2.12. The van der Waals surface area contributed by atoms with Gasteiger partial charge in [0.1, 0.15) is 0 Å². The van der Waals surface area contributed by atoms with E-state index in [1.807, 2.05) is 0 Å². The lowest BCUT2D eigenvalue weighted by molar-refractivity contribution is 1.17. The molecule has 2 aromatic heterocycles. The molecule has 12 rings (SSSR count). The first kappa shape index (κ1) is 27.9. The normalized spacial score (nSPS) is 12.2. The third-order valence-electron chi connectivity index (χ3n) is 11.4. The Balaban J connectivity index is 1.02. The predicted molar refractivity (Wildman–Crippen MR) is 220 cm³/mol. The van der Waals surface area contributed by atoms with Crippen LogP contribution in [0.25, 0.3) is 110 Å². The van der Waals surface area contributed by atoms with Crippen LogP contribution in [0.1, 0.15) is 0 Å². The van der Waals surface area contributed by atoms with Crippen molar-refractivity contribution in [2.24, 2.45) is 0 Å². The van der Waals surface area contributed by atoms with Crippen LogP contribution in [-0.2, 0) is 0 Å². The second-order valence-corrected chi connectivity index (χ2v) is 14.1. The Hall–Kier alpha value is -6.90. The fraction of sp³-hybridized carbons (Fsp3) is 0. The molecular weight excluding hydrogens is 629 g/mol. The average molecular weight is 659 g/mol. The highest BCUT2D eigenvalue weighted by atomic mass is 15.0. The zero-order chi connectivity index (χ0) is 33.9. The number of aromatic nitrogens is 2. The first-order valence-corrected chi connectivity index (χ1v) is 18.0. The van der Waals surface area contributed by atoms with Crippen LogP contribution in [0.4, 0.5) is 0 Å². The second kappa shape index (κ2) is 10.3. The Labute approximate surface area is 300 Å². The summed E-state index contributed by atoms with van der Waals surface area (Å²) < 4.78 is 4.85. The van der Waals surface area contributed by atoms with E-state index in [0.29, 0.717) is 0 Å².